The second-order valence-electron chi connectivity index (χ2n) is 6.57. The fraction of sp³-hybridized carbons (Fsp3) is 0.316. The highest BCUT2D eigenvalue weighted by Gasteiger charge is 2.31. The number of pyridine rings is 1. The first-order chi connectivity index (χ1) is 13.5. The first-order valence-corrected chi connectivity index (χ1v) is 8.99. The molecule has 28 heavy (non-hydrogen) atoms. The van der Waals surface area contributed by atoms with Gasteiger partial charge in [-0.15, -0.1) is 0 Å². The molecule has 9 heteroatoms. The van der Waals surface area contributed by atoms with E-state index in [1.807, 2.05) is 0 Å². The fourth-order valence-electron chi connectivity index (χ4n) is 3.38. The number of morpholine rings is 1. The van der Waals surface area contributed by atoms with Gasteiger partial charge in [-0.1, -0.05) is 6.07 Å². The quantitative estimate of drug-likeness (QED) is 0.698. The molecule has 0 unspecified atom stereocenters. The van der Waals surface area contributed by atoms with E-state index in [0.717, 1.165) is 38.9 Å². The van der Waals surface area contributed by atoms with Crippen molar-refractivity contribution in [1.82, 2.24) is 14.8 Å². The molecule has 2 amide bonds. The van der Waals surface area contributed by atoms with Crippen LogP contribution in [0.25, 0.3) is 5.69 Å². The van der Waals surface area contributed by atoms with Crippen LogP contribution in [0.15, 0.2) is 35.1 Å². The molecule has 3 N–H and O–H groups in total. The number of nitrogen functional groups attached to an aromatic ring is 1. The summed E-state index contributed by atoms with van der Waals surface area (Å²) in [6.45, 7) is 4.49. The van der Waals surface area contributed by atoms with E-state index < -0.39 is 17.4 Å². The van der Waals surface area contributed by atoms with Gasteiger partial charge in [-0.2, -0.15) is 0 Å². The van der Waals surface area contributed by atoms with E-state index in [4.69, 9.17) is 15.2 Å². The number of hydrogen-bond acceptors (Lipinski definition) is 7. The van der Waals surface area contributed by atoms with Crippen molar-refractivity contribution in [3.63, 3.8) is 0 Å². The summed E-state index contributed by atoms with van der Waals surface area (Å²) in [7, 11) is 0. The number of carbonyl (C=O) groups is 2. The van der Waals surface area contributed by atoms with Crippen molar-refractivity contribution < 1.29 is 19.1 Å². The van der Waals surface area contributed by atoms with E-state index >= 15 is 0 Å². The number of hydrogen-bond donors (Lipinski definition) is 2. The van der Waals surface area contributed by atoms with Crippen molar-refractivity contribution in [2.24, 2.45) is 0 Å². The second-order valence-corrected chi connectivity index (χ2v) is 6.57. The summed E-state index contributed by atoms with van der Waals surface area (Å²) in [5.74, 6) is -0.713. The largest absolute Gasteiger partial charge is 0.492 e. The molecule has 0 aliphatic carbocycles. The summed E-state index contributed by atoms with van der Waals surface area (Å²) in [6, 6.07) is 8.01. The molecule has 2 aliphatic heterocycles. The summed E-state index contributed by atoms with van der Waals surface area (Å²) in [5, 5.41) is 2.15. The molecular weight excluding hydrogens is 364 g/mol. The summed E-state index contributed by atoms with van der Waals surface area (Å²) < 4.78 is 12.3. The lowest BCUT2D eigenvalue weighted by Gasteiger charge is -2.26. The Labute approximate surface area is 160 Å². The Balaban J connectivity index is 1.56. The Morgan fingerprint density at radius 2 is 1.89 bits per heavy atom. The fourth-order valence-corrected chi connectivity index (χ4v) is 3.38. The molecule has 9 nitrogen and oxygen atoms in total. The molecule has 1 fully saturated rings. The zero-order valence-corrected chi connectivity index (χ0v) is 15.1. The van der Waals surface area contributed by atoms with E-state index in [1.54, 1.807) is 24.3 Å². The smallest absolute Gasteiger partial charge is 0.262 e. The molecule has 146 valence electrons. The Morgan fingerprint density at radius 1 is 1.11 bits per heavy atom. The Hall–Kier alpha value is -3.17. The lowest BCUT2D eigenvalue weighted by atomic mass is 10.1. The number of ether oxygens (including phenoxy) is 2. The Morgan fingerprint density at radius 3 is 2.68 bits per heavy atom. The minimum absolute atomic E-state index is 0.00154. The SMILES string of the molecule is Nc1c2c(cc(=O)n1-c1cccc(OCCN3CCOCC3)c1)C(=O)NC2=O. The van der Waals surface area contributed by atoms with Crippen molar-refractivity contribution in [3.8, 4) is 11.4 Å². The van der Waals surface area contributed by atoms with Crippen molar-refractivity contribution in [2.45, 2.75) is 0 Å². The minimum Gasteiger partial charge on any atom is -0.492 e. The summed E-state index contributed by atoms with van der Waals surface area (Å²) >= 11 is 0. The van der Waals surface area contributed by atoms with E-state index in [2.05, 4.69) is 10.2 Å². The number of imide groups is 1. The van der Waals surface area contributed by atoms with Gasteiger partial charge in [-0.05, 0) is 12.1 Å². The number of nitrogens with zero attached hydrogens (tertiary/aromatic N) is 2. The number of aromatic nitrogens is 1. The maximum absolute atomic E-state index is 12.5. The normalized spacial score (nSPS) is 16.7. The van der Waals surface area contributed by atoms with Gasteiger partial charge >= 0.3 is 0 Å². The summed E-state index contributed by atoms with van der Waals surface area (Å²) in [6.07, 6.45) is 0. The van der Waals surface area contributed by atoms with Crippen LogP contribution >= 0.6 is 0 Å². The van der Waals surface area contributed by atoms with Crippen LogP contribution < -0.4 is 21.3 Å². The van der Waals surface area contributed by atoms with Gasteiger partial charge in [0, 0.05) is 31.8 Å². The van der Waals surface area contributed by atoms with Gasteiger partial charge in [0.1, 0.15) is 18.2 Å². The van der Waals surface area contributed by atoms with Gasteiger partial charge in [0.2, 0.25) is 0 Å². The van der Waals surface area contributed by atoms with Crippen molar-refractivity contribution in [3.05, 3.63) is 51.8 Å². The van der Waals surface area contributed by atoms with Gasteiger partial charge < -0.3 is 15.2 Å². The van der Waals surface area contributed by atoms with Crippen LogP contribution in [0.2, 0.25) is 0 Å². The summed E-state index contributed by atoms with van der Waals surface area (Å²) in [5.41, 5.74) is 6.04. The monoisotopic (exact) mass is 384 g/mol. The Bertz CT molecular complexity index is 994. The number of amides is 2. The lowest BCUT2D eigenvalue weighted by molar-refractivity contribution is 0.0322. The van der Waals surface area contributed by atoms with Gasteiger partial charge in [0.15, 0.2) is 0 Å². The molecule has 0 bridgehead atoms. The zero-order chi connectivity index (χ0) is 19.7. The predicted octanol–water partition coefficient (Wildman–Crippen LogP) is 0.0143. The van der Waals surface area contributed by atoms with Crippen molar-refractivity contribution in [2.75, 3.05) is 45.2 Å². The summed E-state index contributed by atoms with van der Waals surface area (Å²) in [4.78, 5) is 38.5. The van der Waals surface area contributed by atoms with Crippen LogP contribution in [0, 0.1) is 0 Å². The van der Waals surface area contributed by atoms with Crippen LogP contribution in [0.1, 0.15) is 20.7 Å². The molecule has 0 atom stereocenters. The first-order valence-electron chi connectivity index (χ1n) is 8.99. The number of nitrogens with two attached hydrogens (primary N) is 1. The van der Waals surface area contributed by atoms with Gasteiger partial charge in [0.05, 0.1) is 30.0 Å². The highest BCUT2D eigenvalue weighted by Crippen LogP contribution is 2.24. The van der Waals surface area contributed by atoms with Crippen LogP contribution in [0.4, 0.5) is 5.82 Å². The standard InChI is InChI=1S/C19H20N4O5/c20-17-16-14(18(25)21-19(16)26)11-15(24)23(17)12-2-1-3-13(10-12)28-9-6-22-4-7-27-8-5-22/h1-3,10-11H,4-9,20H2,(H,21,25,26). The number of carbonyl (C=O) groups excluding carboxylic acids is 2. The number of anilines is 1. The van der Waals surface area contributed by atoms with E-state index in [9.17, 15) is 14.4 Å². The van der Waals surface area contributed by atoms with Crippen LogP contribution in [-0.4, -0.2) is 60.7 Å². The van der Waals surface area contributed by atoms with Gasteiger partial charge in [0.25, 0.3) is 17.4 Å². The molecule has 0 saturated carbocycles. The topological polar surface area (TPSA) is 116 Å². The van der Waals surface area contributed by atoms with Crippen LogP contribution in [0.3, 0.4) is 0 Å². The molecule has 1 saturated heterocycles. The van der Waals surface area contributed by atoms with E-state index in [-0.39, 0.29) is 16.9 Å². The number of fused-ring (bicyclic) bond motifs is 1. The molecule has 2 aromatic rings. The predicted molar refractivity (Wildman–Crippen MR) is 101 cm³/mol. The average Bonchev–Trinajstić information content (AvgIpc) is 2.96. The van der Waals surface area contributed by atoms with Crippen LogP contribution in [0.5, 0.6) is 5.75 Å². The second kappa shape index (κ2) is 7.45. The third-order valence-electron chi connectivity index (χ3n) is 4.81. The van der Waals surface area contributed by atoms with E-state index in [0.29, 0.717) is 18.0 Å². The molecule has 3 heterocycles. The van der Waals surface area contributed by atoms with Crippen molar-refractivity contribution in [1.29, 1.82) is 0 Å². The molecule has 1 aromatic carbocycles. The van der Waals surface area contributed by atoms with Crippen LogP contribution in [-0.2, 0) is 4.74 Å². The third kappa shape index (κ3) is 3.37. The van der Waals surface area contributed by atoms with Gasteiger partial charge in [-0.3, -0.25) is 29.2 Å². The number of rotatable bonds is 5. The maximum Gasteiger partial charge on any atom is 0.262 e. The maximum atomic E-state index is 12.5. The highest BCUT2D eigenvalue weighted by atomic mass is 16.5. The molecule has 4 rings (SSSR count). The number of benzene rings is 1. The third-order valence-corrected chi connectivity index (χ3v) is 4.81. The first kappa shape index (κ1) is 18.2. The number of nitrogens with one attached hydrogen (secondary N) is 1. The van der Waals surface area contributed by atoms with Crippen molar-refractivity contribution >= 4 is 17.6 Å². The molecule has 2 aliphatic rings. The average molecular weight is 384 g/mol. The molecule has 0 spiro atoms. The lowest BCUT2D eigenvalue weighted by Crippen LogP contribution is -2.38. The Kier molecular flexibility index (Phi) is 4.84. The van der Waals surface area contributed by atoms with Gasteiger partial charge in [-0.25, -0.2) is 0 Å². The minimum atomic E-state index is -0.615. The molecule has 1 aromatic heterocycles. The molecule has 0 radical (unpaired) electrons. The highest BCUT2D eigenvalue weighted by molar-refractivity contribution is 6.23. The van der Waals surface area contributed by atoms with E-state index in [1.165, 1.54) is 4.57 Å². The zero-order valence-electron chi connectivity index (χ0n) is 15.1. The molecular formula is C19H20N4O5.